The van der Waals surface area contributed by atoms with E-state index in [4.69, 9.17) is 14.2 Å². The highest BCUT2D eigenvalue weighted by molar-refractivity contribution is 5.84. The van der Waals surface area contributed by atoms with Gasteiger partial charge in [0.15, 0.2) is 12.4 Å². The quantitative estimate of drug-likeness (QED) is 0.273. The van der Waals surface area contributed by atoms with Crippen molar-refractivity contribution in [1.29, 1.82) is 0 Å². The molecule has 0 fully saturated rings. The van der Waals surface area contributed by atoms with E-state index < -0.39 is 17.8 Å². The van der Waals surface area contributed by atoms with Crippen molar-refractivity contribution in [3.8, 4) is 17.4 Å². The Kier molecular flexibility index (Phi) is 6.64. The molecule has 8 nitrogen and oxygen atoms in total. The molecule has 210 valence electrons. The number of halogens is 3. The van der Waals surface area contributed by atoms with Gasteiger partial charge in [-0.25, -0.2) is 9.97 Å². The van der Waals surface area contributed by atoms with Crippen molar-refractivity contribution in [1.82, 2.24) is 19.3 Å². The Bertz CT molecular complexity index is 1770. The van der Waals surface area contributed by atoms with Crippen LogP contribution < -0.4 is 14.2 Å². The third kappa shape index (κ3) is 4.88. The highest BCUT2D eigenvalue weighted by Crippen LogP contribution is 2.38. The molecule has 4 heterocycles. The first-order valence-corrected chi connectivity index (χ1v) is 12.8. The summed E-state index contributed by atoms with van der Waals surface area (Å²) in [6.07, 6.45) is -2.83. The summed E-state index contributed by atoms with van der Waals surface area (Å²) in [5, 5.41) is 2.03. The maximum absolute atomic E-state index is 13.7. The summed E-state index contributed by atoms with van der Waals surface area (Å²) in [6, 6.07) is 18.0. The van der Waals surface area contributed by atoms with Crippen LogP contribution in [-0.2, 0) is 17.4 Å². The van der Waals surface area contributed by atoms with Crippen molar-refractivity contribution >= 4 is 22.3 Å². The minimum absolute atomic E-state index is 0.136. The summed E-state index contributed by atoms with van der Waals surface area (Å²) < 4.78 is 58.5. The molecular weight excluding hydrogens is 537 g/mol. The number of rotatable bonds is 6. The van der Waals surface area contributed by atoms with E-state index in [-0.39, 0.29) is 30.6 Å². The van der Waals surface area contributed by atoms with E-state index >= 15 is 0 Å². The Morgan fingerprint density at radius 2 is 1.78 bits per heavy atom. The van der Waals surface area contributed by atoms with Crippen molar-refractivity contribution in [2.24, 2.45) is 0 Å². The van der Waals surface area contributed by atoms with Crippen molar-refractivity contribution in [3.63, 3.8) is 0 Å². The first-order valence-electron chi connectivity index (χ1n) is 12.8. The highest BCUT2D eigenvalue weighted by atomic mass is 19.4. The van der Waals surface area contributed by atoms with Gasteiger partial charge in [0.05, 0.1) is 36.9 Å². The van der Waals surface area contributed by atoms with Crippen LogP contribution in [0.4, 0.5) is 13.2 Å². The molecule has 1 unspecified atom stereocenters. The molecule has 1 amide bonds. The van der Waals surface area contributed by atoms with Gasteiger partial charge in [-0.2, -0.15) is 13.2 Å². The monoisotopic (exact) mass is 562 g/mol. The second kappa shape index (κ2) is 10.3. The lowest BCUT2D eigenvalue weighted by Crippen LogP contribution is -2.43. The number of amides is 1. The predicted molar refractivity (Wildman–Crippen MR) is 144 cm³/mol. The van der Waals surface area contributed by atoms with Crippen LogP contribution in [0.1, 0.15) is 28.7 Å². The average molecular weight is 563 g/mol. The summed E-state index contributed by atoms with van der Waals surface area (Å²) in [6.45, 7) is 0.0238. The minimum Gasteiger partial charge on any atom is -0.491 e. The Morgan fingerprint density at radius 1 is 0.976 bits per heavy atom. The van der Waals surface area contributed by atoms with Crippen LogP contribution in [0.25, 0.3) is 16.4 Å². The standard InChI is InChI=1S/C30H25F3N4O4/c1-39-24-10-9-22(35-29(24)40-2)28-27-23(34-25-16-20(30(31,32)33)11-13-36(25)27)12-14-37(28)26(38)17-41-21-8-7-18-5-3-4-6-19(18)15-21/h3-11,13,15-16,28H,12,14,17H2,1-2H3. The highest BCUT2D eigenvalue weighted by Gasteiger charge is 2.38. The molecule has 0 saturated carbocycles. The van der Waals surface area contributed by atoms with E-state index in [0.29, 0.717) is 35.0 Å². The van der Waals surface area contributed by atoms with Crippen molar-refractivity contribution < 1.29 is 32.2 Å². The molecule has 1 aliphatic heterocycles. The zero-order valence-electron chi connectivity index (χ0n) is 22.2. The zero-order valence-corrected chi connectivity index (χ0v) is 22.2. The van der Waals surface area contributed by atoms with Gasteiger partial charge in [-0.3, -0.25) is 4.79 Å². The maximum atomic E-state index is 13.7. The molecule has 5 aromatic rings. The summed E-state index contributed by atoms with van der Waals surface area (Å²) in [4.78, 5) is 24.4. The zero-order chi connectivity index (χ0) is 28.7. The fourth-order valence-corrected chi connectivity index (χ4v) is 5.21. The molecule has 41 heavy (non-hydrogen) atoms. The number of nitrogens with zero attached hydrogens (tertiary/aromatic N) is 4. The molecule has 0 spiro atoms. The van der Waals surface area contributed by atoms with E-state index in [1.807, 2.05) is 36.4 Å². The fraction of sp³-hybridized carbons (Fsp3) is 0.233. The number of pyridine rings is 2. The van der Waals surface area contributed by atoms with Gasteiger partial charge in [0, 0.05) is 19.2 Å². The van der Waals surface area contributed by atoms with Crippen LogP contribution in [-0.4, -0.2) is 52.5 Å². The molecule has 3 aromatic heterocycles. The second-order valence-corrected chi connectivity index (χ2v) is 9.57. The number of carbonyl (C=O) groups is 1. The van der Waals surface area contributed by atoms with Crippen molar-refractivity contribution in [2.45, 2.75) is 18.6 Å². The molecule has 0 N–H and O–H groups in total. The Hall–Kier alpha value is -4.80. The third-order valence-electron chi connectivity index (χ3n) is 7.17. The van der Waals surface area contributed by atoms with Crippen molar-refractivity contribution in [3.05, 3.63) is 95.6 Å². The van der Waals surface area contributed by atoms with E-state index in [9.17, 15) is 18.0 Å². The lowest BCUT2D eigenvalue weighted by molar-refractivity contribution is -0.137. The molecule has 0 aliphatic carbocycles. The number of benzene rings is 2. The van der Waals surface area contributed by atoms with E-state index in [2.05, 4.69) is 9.97 Å². The second-order valence-electron chi connectivity index (χ2n) is 9.57. The lowest BCUT2D eigenvalue weighted by Gasteiger charge is -2.35. The summed E-state index contributed by atoms with van der Waals surface area (Å²) in [5.41, 5.74) is 0.926. The number of methoxy groups -OCH3 is 2. The van der Waals surface area contributed by atoms with Crippen LogP contribution in [0.5, 0.6) is 17.4 Å². The van der Waals surface area contributed by atoms with Crippen LogP contribution in [0, 0.1) is 0 Å². The van der Waals surface area contributed by atoms with E-state index in [1.165, 1.54) is 20.4 Å². The van der Waals surface area contributed by atoms with Gasteiger partial charge in [-0.15, -0.1) is 0 Å². The molecule has 0 saturated heterocycles. The number of fused-ring (bicyclic) bond motifs is 4. The fourth-order valence-electron chi connectivity index (χ4n) is 5.21. The molecule has 2 aromatic carbocycles. The molecule has 11 heteroatoms. The lowest BCUT2D eigenvalue weighted by atomic mass is 9.98. The molecule has 0 radical (unpaired) electrons. The molecular formula is C30H25F3N4O4. The molecule has 6 rings (SSSR count). The normalized spacial score (nSPS) is 15.1. The van der Waals surface area contributed by atoms with Crippen LogP contribution in [0.2, 0.25) is 0 Å². The maximum Gasteiger partial charge on any atom is 0.416 e. The number of carbonyl (C=O) groups excluding carboxylic acids is 1. The van der Waals surface area contributed by atoms with Crippen LogP contribution >= 0.6 is 0 Å². The Morgan fingerprint density at radius 3 is 2.54 bits per heavy atom. The number of aromatic nitrogens is 3. The smallest absolute Gasteiger partial charge is 0.416 e. The van der Waals surface area contributed by atoms with Crippen LogP contribution in [0.15, 0.2) is 72.9 Å². The van der Waals surface area contributed by atoms with Gasteiger partial charge >= 0.3 is 6.18 Å². The molecule has 1 atom stereocenters. The predicted octanol–water partition coefficient (Wildman–Crippen LogP) is 5.47. The largest absolute Gasteiger partial charge is 0.491 e. The molecule has 0 bridgehead atoms. The van der Waals surface area contributed by atoms with Gasteiger partial charge in [0.25, 0.3) is 11.8 Å². The number of alkyl halides is 3. The van der Waals surface area contributed by atoms with Gasteiger partial charge in [0.1, 0.15) is 17.4 Å². The first-order chi connectivity index (χ1) is 19.8. The minimum atomic E-state index is -4.51. The third-order valence-corrected chi connectivity index (χ3v) is 7.17. The number of hydrogen-bond acceptors (Lipinski definition) is 6. The first kappa shape index (κ1) is 26.4. The van der Waals surface area contributed by atoms with E-state index in [1.54, 1.807) is 27.5 Å². The number of imidazole rings is 1. The van der Waals surface area contributed by atoms with Crippen molar-refractivity contribution in [2.75, 3.05) is 27.4 Å². The van der Waals surface area contributed by atoms with Gasteiger partial charge < -0.3 is 23.5 Å². The topological polar surface area (TPSA) is 78.2 Å². The summed E-state index contributed by atoms with van der Waals surface area (Å²) in [7, 11) is 2.94. The summed E-state index contributed by atoms with van der Waals surface area (Å²) >= 11 is 0. The number of ether oxygens (including phenoxy) is 3. The van der Waals surface area contributed by atoms with E-state index in [0.717, 1.165) is 22.9 Å². The van der Waals surface area contributed by atoms with Gasteiger partial charge in [-0.1, -0.05) is 30.3 Å². The SMILES string of the molecule is COc1ccc(C2c3c(nc4cc(C(F)(F)F)ccn34)CCN2C(=O)COc2ccc3ccccc3c2)nc1OC. The summed E-state index contributed by atoms with van der Waals surface area (Å²) in [5.74, 6) is 0.847. The van der Waals surface area contributed by atoms with Crippen LogP contribution in [0.3, 0.4) is 0 Å². The average Bonchev–Trinajstić information content (AvgIpc) is 3.36. The Labute approximate surface area is 232 Å². The molecule has 1 aliphatic rings. The number of hydrogen-bond donors (Lipinski definition) is 0. The van der Waals surface area contributed by atoms with Gasteiger partial charge in [-0.05, 0) is 47.2 Å². The van der Waals surface area contributed by atoms with Gasteiger partial charge in [0.2, 0.25) is 0 Å². The Balaban J connectivity index is 1.39.